The Balaban J connectivity index is 2.17. The van der Waals surface area contributed by atoms with Gasteiger partial charge in [0.15, 0.2) is 0 Å². The quantitative estimate of drug-likeness (QED) is 0.459. The zero-order valence-corrected chi connectivity index (χ0v) is 20.0. The smallest absolute Gasteiger partial charge is 0.242 e. The van der Waals surface area contributed by atoms with Crippen molar-refractivity contribution in [1.29, 1.82) is 0 Å². The van der Waals surface area contributed by atoms with Crippen molar-refractivity contribution in [2.45, 2.75) is 38.6 Å². The Morgan fingerprint density at radius 3 is 2.23 bits per heavy atom. The summed E-state index contributed by atoms with van der Waals surface area (Å²) in [5.74, 6) is 0.588. The van der Waals surface area contributed by atoms with E-state index in [4.69, 9.17) is 34.8 Å². The van der Waals surface area contributed by atoms with Gasteiger partial charge < -0.3 is 10.2 Å². The molecular weight excluding hydrogens is 463 g/mol. The first-order chi connectivity index (χ1) is 14.4. The summed E-state index contributed by atoms with van der Waals surface area (Å²) >= 11 is 20.1. The first kappa shape index (κ1) is 24.9. The molecule has 0 bridgehead atoms. The highest BCUT2D eigenvalue weighted by Crippen LogP contribution is 2.27. The van der Waals surface area contributed by atoms with Gasteiger partial charge in [0.1, 0.15) is 6.04 Å². The summed E-state index contributed by atoms with van der Waals surface area (Å²) in [6.45, 7) is 4.41. The van der Waals surface area contributed by atoms with Crippen molar-refractivity contribution in [1.82, 2.24) is 10.2 Å². The molecule has 2 rings (SSSR count). The molecule has 1 atom stereocenters. The molecule has 2 aromatic carbocycles. The van der Waals surface area contributed by atoms with Crippen molar-refractivity contribution in [2.75, 3.05) is 12.3 Å². The van der Waals surface area contributed by atoms with Gasteiger partial charge in [0.2, 0.25) is 11.8 Å². The van der Waals surface area contributed by atoms with Gasteiger partial charge in [0.05, 0.1) is 5.75 Å². The topological polar surface area (TPSA) is 49.4 Å². The third-order valence-electron chi connectivity index (χ3n) is 4.53. The maximum absolute atomic E-state index is 13.1. The first-order valence-corrected chi connectivity index (χ1v) is 12.0. The van der Waals surface area contributed by atoms with Crippen molar-refractivity contribution < 1.29 is 9.59 Å². The molecular formula is C22H25Cl3N2O2S. The fourth-order valence-corrected chi connectivity index (χ4v) is 4.50. The molecule has 0 aliphatic rings. The molecule has 0 aliphatic carbocycles. The van der Waals surface area contributed by atoms with E-state index in [0.717, 1.165) is 5.56 Å². The largest absolute Gasteiger partial charge is 0.355 e. The van der Waals surface area contributed by atoms with Crippen LogP contribution in [-0.4, -0.2) is 35.1 Å². The molecule has 0 saturated carbocycles. The Morgan fingerprint density at radius 2 is 1.67 bits per heavy atom. The van der Waals surface area contributed by atoms with Crippen LogP contribution in [0, 0.1) is 0 Å². The minimum absolute atomic E-state index is 0.136. The van der Waals surface area contributed by atoms with E-state index in [9.17, 15) is 9.59 Å². The van der Waals surface area contributed by atoms with Gasteiger partial charge in [-0.3, -0.25) is 9.59 Å². The van der Waals surface area contributed by atoms with Gasteiger partial charge in [-0.2, -0.15) is 0 Å². The van der Waals surface area contributed by atoms with Crippen LogP contribution in [0.2, 0.25) is 15.1 Å². The average Bonchev–Trinajstić information content (AvgIpc) is 2.71. The van der Waals surface area contributed by atoms with Gasteiger partial charge in [-0.15, -0.1) is 11.8 Å². The van der Waals surface area contributed by atoms with Gasteiger partial charge in [-0.05, 0) is 43.2 Å². The summed E-state index contributed by atoms with van der Waals surface area (Å²) < 4.78 is 0. The van der Waals surface area contributed by atoms with Crippen LogP contribution in [0.1, 0.15) is 31.4 Å². The Morgan fingerprint density at radius 1 is 1.03 bits per heavy atom. The fraction of sp³-hybridized carbons (Fsp3) is 0.364. The summed E-state index contributed by atoms with van der Waals surface area (Å²) in [7, 11) is 0. The predicted molar refractivity (Wildman–Crippen MR) is 127 cm³/mol. The van der Waals surface area contributed by atoms with Gasteiger partial charge in [0.25, 0.3) is 0 Å². The fourth-order valence-electron chi connectivity index (χ4n) is 2.99. The van der Waals surface area contributed by atoms with Crippen LogP contribution in [0.5, 0.6) is 0 Å². The second-order valence-corrected chi connectivity index (χ2v) is 8.90. The third kappa shape index (κ3) is 7.09. The van der Waals surface area contributed by atoms with Crippen LogP contribution in [0.4, 0.5) is 0 Å². The molecule has 0 aromatic heterocycles. The molecule has 0 fully saturated rings. The predicted octanol–water partition coefficient (Wildman–Crippen LogP) is 5.82. The average molecular weight is 488 g/mol. The second kappa shape index (κ2) is 12.5. The van der Waals surface area contributed by atoms with E-state index in [1.807, 2.05) is 38.1 Å². The number of halogens is 3. The van der Waals surface area contributed by atoms with Crippen LogP contribution in [-0.2, 0) is 21.9 Å². The van der Waals surface area contributed by atoms with Gasteiger partial charge in [0, 0.05) is 39.5 Å². The van der Waals surface area contributed by atoms with E-state index in [0.29, 0.717) is 39.3 Å². The van der Waals surface area contributed by atoms with Gasteiger partial charge in [-0.25, -0.2) is 0 Å². The van der Waals surface area contributed by atoms with Crippen LogP contribution >= 0.6 is 46.6 Å². The van der Waals surface area contributed by atoms with E-state index in [2.05, 4.69) is 5.32 Å². The molecule has 4 nitrogen and oxygen atoms in total. The lowest BCUT2D eigenvalue weighted by molar-refractivity contribution is -0.139. The molecule has 30 heavy (non-hydrogen) atoms. The van der Waals surface area contributed by atoms with E-state index in [1.165, 1.54) is 11.8 Å². The van der Waals surface area contributed by atoms with E-state index >= 15 is 0 Å². The molecule has 1 N–H and O–H groups in total. The number of thioether (sulfide) groups is 1. The number of hydrogen-bond donors (Lipinski definition) is 1. The number of carbonyl (C=O) groups is 2. The molecule has 0 saturated heterocycles. The third-order valence-corrected chi connectivity index (χ3v) is 6.48. The number of hydrogen-bond acceptors (Lipinski definition) is 3. The lowest BCUT2D eigenvalue weighted by Gasteiger charge is -2.31. The maximum Gasteiger partial charge on any atom is 0.242 e. The molecule has 0 heterocycles. The lowest BCUT2D eigenvalue weighted by atomic mass is 10.1. The van der Waals surface area contributed by atoms with Crippen molar-refractivity contribution in [3.8, 4) is 0 Å². The summed E-state index contributed by atoms with van der Waals surface area (Å²) in [4.78, 5) is 27.3. The highest BCUT2D eigenvalue weighted by Gasteiger charge is 2.29. The molecule has 8 heteroatoms. The SMILES string of the molecule is CCNC(=O)[C@H](CC)N(Cc1c(Cl)cccc1Cl)C(=O)CSCc1ccc(Cl)cc1. The van der Waals surface area contributed by atoms with Crippen molar-refractivity contribution in [2.24, 2.45) is 0 Å². The number of rotatable bonds is 10. The van der Waals surface area contributed by atoms with Crippen molar-refractivity contribution >= 4 is 58.4 Å². The van der Waals surface area contributed by atoms with Crippen LogP contribution in [0.25, 0.3) is 0 Å². The van der Waals surface area contributed by atoms with E-state index in [-0.39, 0.29) is 24.1 Å². The number of likely N-dealkylation sites (N-methyl/N-ethyl adjacent to an activating group) is 1. The number of benzene rings is 2. The maximum atomic E-state index is 13.1. The molecule has 2 aromatic rings. The highest BCUT2D eigenvalue weighted by molar-refractivity contribution is 7.99. The summed E-state index contributed by atoms with van der Waals surface area (Å²) in [6.07, 6.45) is 0.488. The normalized spacial score (nSPS) is 11.8. The number of carbonyl (C=O) groups excluding carboxylic acids is 2. The summed E-state index contributed by atoms with van der Waals surface area (Å²) in [5.41, 5.74) is 1.72. The number of amides is 2. The molecule has 0 radical (unpaired) electrons. The molecule has 0 spiro atoms. The van der Waals surface area contributed by atoms with E-state index < -0.39 is 6.04 Å². The Hall–Kier alpha value is -1.40. The number of nitrogens with one attached hydrogen (secondary N) is 1. The Bertz CT molecular complexity index is 842. The van der Waals surface area contributed by atoms with Crippen LogP contribution < -0.4 is 5.32 Å². The van der Waals surface area contributed by atoms with Crippen LogP contribution in [0.15, 0.2) is 42.5 Å². The first-order valence-electron chi connectivity index (χ1n) is 9.69. The zero-order chi connectivity index (χ0) is 22.1. The minimum Gasteiger partial charge on any atom is -0.355 e. The molecule has 2 amide bonds. The standard InChI is InChI=1S/C22H25Cl3N2O2S/c1-3-20(22(29)26-4-2)27(12-17-18(24)6-5-7-19(17)25)21(28)14-30-13-15-8-10-16(23)11-9-15/h5-11,20H,3-4,12-14H2,1-2H3,(H,26,29)/t20-/m0/s1. The Labute approximate surface area is 197 Å². The monoisotopic (exact) mass is 486 g/mol. The molecule has 0 aliphatic heterocycles. The second-order valence-electron chi connectivity index (χ2n) is 6.66. The molecule has 0 unspecified atom stereocenters. The van der Waals surface area contributed by atoms with Crippen molar-refractivity contribution in [3.05, 3.63) is 68.7 Å². The minimum atomic E-state index is -0.596. The van der Waals surface area contributed by atoms with Crippen molar-refractivity contribution in [3.63, 3.8) is 0 Å². The summed E-state index contributed by atoms with van der Waals surface area (Å²) in [6, 6.07) is 12.1. The Kier molecular flexibility index (Phi) is 10.3. The zero-order valence-electron chi connectivity index (χ0n) is 17.0. The number of nitrogens with zero attached hydrogens (tertiary/aromatic N) is 1. The summed E-state index contributed by atoms with van der Waals surface area (Å²) in [5, 5.41) is 4.44. The van der Waals surface area contributed by atoms with Gasteiger partial charge >= 0.3 is 0 Å². The highest BCUT2D eigenvalue weighted by atomic mass is 35.5. The molecule has 162 valence electrons. The van der Waals surface area contributed by atoms with Crippen LogP contribution in [0.3, 0.4) is 0 Å². The van der Waals surface area contributed by atoms with Gasteiger partial charge in [-0.1, -0.05) is 59.9 Å². The lowest BCUT2D eigenvalue weighted by Crippen LogP contribution is -2.49. The van der Waals surface area contributed by atoms with E-state index in [1.54, 1.807) is 23.1 Å².